The average Bonchev–Trinajstić information content (AvgIpc) is 2.40. The number of nitrogens with one attached hydrogen (secondary N) is 1. The van der Waals surface area contributed by atoms with E-state index in [9.17, 15) is 8.42 Å². The lowest BCUT2D eigenvalue weighted by molar-refractivity contribution is 0.222. The summed E-state index contributed by atoms with van der Waals surface area (Å²) in [6.07, 6.45) is 1.70. The van der Waals surface area contributed by atoms with Crippen LogP contribution in [-0.4, -0.2) is 38.7 Å². The van der Waals surface area contributed by atoms with E-state index in [4.69, 9.17) is 0 Å². The van der Waals surface area contributed by atoms with Crippen molar-refractivity contribution in [3.05, 3.63) is 35.9 Å². The van der Waals surface area contributed by atoms with E-state index < -0.39 is 10.0 Å². The molecule has 5 heteroatoms. The second-order valence-electron chi connectivity index (χ2n) is 4.73. The SMILES string of the molecule is CNS(=O)(=O)C1CCCN(Cc2ccccc2)C1. The predicted molar refractivity (Wildman–Crippen MR) is 72.7 cm³/mol. The molecule has 18 heavy (non-hydrogen) atoms. The summed E-state index contributed by atoms with van der Waals surface area (Å²) >= 11 is 0. The monoisotopic (exact) mass is 268 g/mol. The Morgan fingerprint density at radius 2 is 2.06 bits per heavy atom. The maximum Gasteiger partial charge on any atom is 0.215 e. The summed E-state index contributed by atoms with van der Waals surface area (Å²) < 4.78 is 26.1. The van der Waals surface area contributed by atoms with E-state index >= 15 is 0 Å². The molecule has 0 radical (unpaired) electrons. The largest absolute Gasteiger partial charge is 0.298 e. The summed E-state index contributed by atoms with van der Waals surface area (Å²) in [5, 5.41) is -0.278. The molecule has 0 saturated carbocycles. The molecule has 0 amide bonds. The highest BCUT2D eigenvalue weighted by molar-refractivity contribution is 7.90. The maximum absolute atomic E-state index is 11.8. The lowest BCUT2D eigenvalue weighted by atomic mass is 10.1. The molecule has 1 heterocycles. The first-order valence-corrected chi connectivity index (χ1v) is 7.85. The first kappa shape index (κ1) is 13.5. The first-order chi connectivity index (χ1) is 8.62. The Labute approximate surface area is 109 Å². The number of rotatable bonds is 4. The maximum atomic E-state index is 11.8. The van der Waals surface area contributed by atoms with Crippen molar-refractivity contribution in [2.45, 2.75) is 24.6 Å². The molecule has 1 saturated heterocycles. The minimum atomic E-state index is -3.14. The number of hydrogen-bond donors (Lipinski definition) is 1. The van der Waals surface area contributed by atoms with Crippen LogP contribution in [-0.2, 0) is 16.6 Å². The zero-order chi connectivity index (χ0) is 13.0. The lowest BCUT2D eigenvalue weighted by Gasteiger charge is -2.32. The number of hydrogen-bond acceptors (Lipinski definition) is 3. The molecule has 0 spiro atoms. The molecule has 1 atom stereocenters. The summed E-state index contributed by atoms with van der Waals surface area (Å²) in [6.45, 7) is 2.43. The fourth-order valence-corrected chi connectivity index (χ4v) is 3.64. The summed E-state index contributed by atoms with van der Waals surface area (Å²) in [4.78, 5) is 2.22. The van der Waals surface area contributed by atoms with Crippen LogP contribution in [0.5, 0.6) is 0 Å². The number of nitrogens with zero attached hydrogens (tertiary/aromatic N) is 1. The van der Waals surface area contributed by atoms with Gasteiger partial charge in [0.05, 0.1) is 5.25 Å². The van der Waals surface area contributed by atoms with Crippen molar-refractivity contribution in [3.8, 4) is 0 Å². The third-order valence-electron chi connectivity index (χ3n) is 3.43. The fraction of sp³-hybridized carbons (Fsp3) is 0.538. The van der Waals surface area contributed by atoms with Gasteiger partial charge in [-0.15, -0.1) is 0 Å². The molecule has 1 fully saturated rings. The van der Waals surface area contributed by atoms with Crippen LogP contribution in [0.1, 0.15) is 18.4 Å². The van der Waals surface area contributed by atoms with Crippen molar-refractivity contribution in [1.82, 2.24) is 9.62 Å². The highest BCUT2D eigenvalue weighted by atomic mass is 32.2. The number of likely N-dealkylation sites (tertiary alicyclic amines) is 1. The highest BCUT2D eigenvalue weighted by Gasteiger charge is 2.29. The first-order valence-electron chi connectivity index (χ1n) is 6.30. The predicted octanol–water partition coefficient (Wildman–Crippen LogP) is 1.20. The molecular formula is C13H20N2O2S. The molecule has 0 bridgehead atoms. The summed E-state index contributed by atoms with van der Waals surface area (Å²) in [6, 6.07) is 10.2. The normalized spacial score (nSPS) is 21.9. The average molecular weight is 268 g/mol. The Morgan fingerprint density at radius 3 is 2.72 bits per heavy atom. The van der Waals surface area contributed by atoms with Gasteiger partial charge < -0.3 is 0 Å². The van der Waals surface area contributed by atoms with Gasteiger partial charge in [-0.25, -0.2) is 13.1 Å². The van der Waals surface area contributed by atoms with Gasteiger partial charge in [-0.1, -0.05) is 30.3 Å². The third kappa shape index (κ3) is 3.31. The van der Waals surface area contributed by atoms with E-state index in [1.807, 2.05) is 18.2 Å². The Morgan fingerprint density at radius 1 is 1.33 bits per heavy atom. The van der Waals surface area contributed by atoms with Crippen molar-refractivity contribution >= 4 is 10.0 Å². The number of benzene rings is 1. The summed E-state index contributed by atoms with van der Waals surface area (Å²) in [5.41, 5.74) is 1.24. The van der Waals surface area contributed by atoms with E-state index in [2.05, 4.69) is 21.8 Å². The molecule has 4 nitrogen and oxygen atoms in total. The molecule has 0 aliphatic carbocycles. The molecule has 1 aliphatic heterocycles. The van der Waals surface area contributed by atoms with E-state index in [1.54, 1.807) is 0 Å². The van der Waals surface area contributed by atoms with Gasteiger partial charge in [0.1, 0.15) is 0 Å². The smallest absolute Gasteiger partial charge is 0.215 e. The molecule has 1 aromatic rings. The van der Waals surface area contributed by atoms with Gasteiger partial charge in [0.25, 0.3) is 0 Å². The van der Waals surface area contributed by atoms with E-state index in [0.29, 0.717) is 6.54 Å². The number of sulfonamides is 1. The summed E-state index contributed by atoms with van der Waals surface area (Å²) in [5.74, 6) is 0. The minimum Gasteiger partial charge on any atom is -0.298 e. The van der Waals surface area contributed by atoms with Crippen LogP contribution in [0, 0.1) is 0 Å². The van der Waals surface area contributed by atoms with Crippen molar-refractivity contribution in [2.24, 2.45) is 0 Å². The van der Waals surface area contributed by atoms with Crippen LogP contribution in [0.4, 0.5) is 0 Å². The molecule has 1 unspecified atom stereocenters. The molecule has 0 aromatic heterocycles. The molecule has 100 valence electrons. The topological polar surface area (TPSA) is 49.4 Å². The number of piperidine rings is 1. The van der Waals surface area contributed by atoms with Crippen LogP contribution in [0.15, 0.2) is 30.3 Å². The Bertz CT molecular complexity index is 473. The van der Waals surface area contributed by atoms with Gasteiger partial charge in [-0.3, -0.25) is 4.90 Å². The second kappa shape index (κ2) is 5.82. The van der Waals surface area contributed by atoms with E-state index in [1.165, 1.54) is 12.6 Å². The zero-order valence-corrected chi connectivity index (χ0v) is 11.5. The van der Waals surface area contributed by atoms with Gasteiger partial charge in [0, 0.05) is 13.1 Å². The Balaban J connectivity index is 1.99. The van der Waals surface area contributed by atoms with Crippen molar-refractivity contribution < 1.29 is 8.42 Å². The minimum absolute atomic E-state index is 0.278. The summed E-state index contributed by atoms with van der Waals surface area (Å²) in [7, 11) is -1.65. The van der Waals surface area contributed by atoms with Gasteiger partial charge in [-0.2, -0.15) is 0 Å². The van der Waals surface area contributed by atoms with Crippen molar-refractivity contribution in [1.29, 1.82) is 0 Å². The van der Waals surface area contributed by atoms with Crippen LogP contribution < -0.4 is 4.72 Å². The zero-order valence-electron chi connectivity index (χ0n) is 10.7. The van der Waals surface area contributed by atoms with Crippen molar-refractivity contribution in [2.75, 3.05) is 20.1 Å². The van der Waals surface area contributed by atoms with Crippen LogP contribution in [0.2, 0.25) is 0 Å². The molecule has 1 aliphatic rings. The van der Waals surface area contributed by atoms with E-state index in [0.717, 1.165) is 25.9 Å². The van der Waals surface area contributed by atoms with Gasteiger partial charge in [-0.05, 0) is 32.0 Å². The van der Waals surface area contributed by atoms with Crippen molar-refractivity contribution in [3.63, 3.8) is 0 Å². The lowest BCUT2D eigenvalue weighted by Crippen LogP contribution is -2.45. The molecule has 2 rings (SSSR count). The second-order valence-corrected chi connectivity index (χ2v) is 6.90. The van der Waals surface area contributed by atoms with Gasteiger partial charge in [0.15, 0.2) is 0 Å². The highest BCUT2D eigenvalue weighted by Crippen LogP contribution is 2.18. The van der Waals surface area contributed by atoms with Gasteiger partial charge >= 0.3 is 0 Å². The van der Waals surface area contributed by atoms with E-state index in [-0.39, 0.29) is 5.25 Å². The molecule has 1 aromatic carbocycles. The third-order valence-corrected chi connectivity index (χ3v) is 5.27. The van der Waals surface area contributed by atoms with Gasteiger partial charge in [0.2, 0.25) is 10.0 Å². The quantitative estimate of drug-likeness (QED) is 0.892. The standard InChI is InChI=1S/C13H20N2O2S/c1-14-18(16,17)13-8-5-9-15(11-13)10-12-6-3-2-4-7-12/h2-4,6-7,13-14H,5,8-11H2,1H3. The Kier molecular flexibility index (Phi) is 4.37. The van der Waals surface area contributed by atoms with Crippen LogP contribution >= 0.6 is 0 Å². The van der Waals surface area contributed by atoms with Crippen LogP contribution in [0.25, 0.3) is 0 Å². The van der Waals surface area contributed by atoms with Crippen LogP contribution in [0.3, 0.4) is 0 Å². The molecule has 1 N–H and O–H groups in total. The fourth-order valence-electron chi connectivity index (χ4n) is 2.42. The molecular weight excluding hydrogens is 248 g/mol. The Hall–Kier alpha value is -0.910.